The number of nitrogens with one attached hydrogen (secondary N) is 1. The highest BCUT2D eigenvalue weighted by Gasteiger charge is 2.14. The second-order valence-electron chi connectivity index (χ2n) is 4.58. The van der Waals surface area contributed by atoms with Gasteiger partial charge in [0.1, 0.15) is 15.6 Å². The Morgan fingerprint density at radius 1 is 1.32 bits per heavy atom. The van der Waals surface area contributed by atoms with Crippen LogP contribution in [-0.2, 0) is 9.84 Å². The lowest BCUT2D eigenvalue weighted by atomic mass is 10.0. The van der Waals surface area contributed by atoms with Crippen molar-refractivity contribution in [2.24, 2.45) is 0 Å². The standard InChI is InChI=1S/C14H23NO3S/c1-4-18-14-10-6-5-8-12(14)13(15-2)9-7-11-19(3,16)17/h5-6,8,10,13,15H,4,7,9,11H2,1-3H3. The molecule has 0 bridgehead atoms. The summed E-state index contributed by atoms with van der Waals surface area (Å²) >= 11 is 0. The smallest absolute Gasteiger partial charge is 0.147 e. The summed E-state index contributed by atoms with van der Waals surface area (Å²) in [5, 5.41) is 3.23. The molecule has 0 spiro atoms. The molecule has 0 aromatic heterocycles. The predicted molar refractivity (Wildman–Crippen MR) is 78.4 cm³/mol. The minimum Gasteiger partial charge on any atom is -0.494 e. The molecule has 1 aromatic rings. The first-order chi connectivity index (χ1) is 8.98. The van der Waals surface area contributed by atoms with Gasteiger partial charge >= 0.3 is 0 Å². The molecule has 0 amide bonds. The molecule has 0 saturated heterocycles. The van der Waals surface area contributed by atoms with Crippen LogP contribution in [0.5, 0.6) is 5.75 Å². The van der Waals surface area contributed by atoms with Crippen LogP contribution in [0.1, 0.15) is 31.4 Å². The maximum atomic E-state index is 11.2. The van der Waals surface area contributed by atoms with E-state index in [0.29, 0.717) is 13.0 Å². The largest absolute Gasteiger partial charge is 0.494 e. The van der Waals surface area contributed by atoms with Crippen molar-refractivity contribution in [1.29, 1.82) is 0 Å². The predicted octanol–water partition coefficient (Wildman–Crippen LogP) is 2.17. The molecule has 0 saturated carbocycles. The van der Waals surface area contributed by atoms with Crippen LogP contribution in [0.3, 0.4) is 0 Å². The van der Waals surface area contributed by atoms with Gasteiger partial charge in [-0.1, -0.05) is 18.2 Å². The maximum Gasteiger partial charge on any atom is 0.147 e. The molecule has 1 N–H and O–H groups in total. The Balaban J connectivity index is 2.74. The van der Waals surface area contributed by atoms with Gasteiger partial charge in [-0.2, -0.15) is 0 Å². The molecule has 0 aliphatic carbocycles. The topological polar surface area (TPSA) is 55.4 Å². The van der Waals surface area contributed by atoms with Gasteiger partial charge in [0, 0.05) is 23.6 Å². The van der Waals surface area contributed by atoms with Gasteiger partial charge in [-0.15, -0.1) is 0 Å². The van der Waals surface area contributed by atoms with Gasteiger partial charge in [-0.05, 0) is 32.9 Å². The molecule has 108 valence electrons. The van der Waals surface area contributed by atoms with Crippen molar-refractivity contribution in [2.45, 2.75) is 25.8 Å². The van der Waals surface area contributed by atoms with Gasteiger partial charge in [-0.25, -0.2) is 8.42 Å². The molecular formula is C14H23NO3S. The van der Waals surface area contributed by atoms with Crippen LogP contribution in [0.25, 0.3) is 0 Å². The summed E-state index contributed by atoms with van der Waals surface area (Å²) in [6.45, 7) is 2.58. The van der Waals surface area contributed by atoms with Crippen LogP contribution in [0.2, 0.25) is 0 Å². The molecule has 0 radical (unpaired) electrons. The van der Waals surface area contributed by atoms with Gasteiger partial charge in [0.2, 0.25) is 0 Å². The normalized spacial score (nSPS) is 13.2. The van der Waals surface area contributed by atoms with Gasteiger partial charge < -0.3 is 10.1 Å². The highest BCUT2D eigenvalue weighted by molar-refractivity contribution is 7.90. The maximum absolute atomic E-state index is 11.2. The second-order valence-corrected chi connectivity index (χ2v) is 6.84. The van der Waals surface area contributed by atoms with Crippen molar-refractivity contribution >= 4 is 9.84 Å². The first kappa shape index (κ1) is 16.0. The lowest BCUT2D eigenvalue weighted by molar-refractivity contribution is 0.331. The number of hydrogen-bond donors (Lipinski definition) is 1. The molecule has 19 heavy (non-hydrogen) atoms. The number of rotatable bonds is 8. The lowest BCUT2D eigenvalue weighted by Gasteiger charge is -2.19. The summed E-state index contributed by atoms with van der Waals surface area (Å²) in [4.78, 5) is 0. The summed E-state index contributed by atoms with van der Waals surface area (Å²) in [7, 11) is -1.01. The van der Waals surface area contributed by atoms with Crippen LogP contribution >= 0.6 is 0 Å². The van der Waals surface area contributed by atoms with E-state index < -0.39 is 9.84 Å². The molecule has 5 heteroatoms. The lowest BCUT2D eigenvalue weighted by Crippen LogP contribution is -2.18. The quantitative estimate of drug-likeness (QED) is 0.795. The van der Waals surface area contributed by atoms with E-state index >= 15 is 0 Å². The van der Waals surface area contributed by atoms with Crippen molar-refractivity contribution in [3.63, 3.8) is 0 Å². The van der Waals surface area contributed by atoms with Crippen molar-refractivity contribution in [1.82, 2.24) is 5.32 Å². The Bertz CT molecular complexity index is 485. The fourth-order valence-corrected chi connectivity index (χ4v) is 2.75. The summed E-state index contributed by atoms with van der Waals surface area (Å²) in [6.07, 6.45) is 2.69. The SMILES string of the molecule is CCOc1ccccc1C(CCCS(C)(=O)=O)NC. The molecular weight excluding hydrogens is 262 g/mol. The molecule has 0 fully saturated rings. The molecule has 1 aromatic carbocycles. The summed E-state index contributed by atoms with van der Waals surface area (Å²) < 4.78 is 27.9. The Labute approximate surface area is 116 Å². The first-order valence-electron chi connectivity index (χ1n) is 6.54. The number of benzene rings is 1. The number of para-hydroxylation sites is 1. The second kappa shape index (κ2) is 7.50. The van der Waals surface area contributed by atoms with Gasteiger partial charge in [-0.3, -0.25) is 0 Å². The van der Waals surface area contributed by atoms with E-state index in [2.05, 4.69) is 5.32 Å². The number of sulfone groups is 1. The molecule has 1 unspecified atom stereocenters. The zero-order valence-electron chi connectivity index (χ0n) is 11.8. The monoisotopic (exact) mass is 285 g/mol. The molecule has 0 aliphatic rings. The van der Waals surface area contributed by atoms with E-state index in [4.69, 9.17) is 4.74 Å². The van der Waals surface area contributed by atoms with Crippen LogP contribution < -0.4 is 10.1 Å². The van der Waals surface area contributed by atoms with Crippen molar-refractivity contribution in [3.8, 4) is 5.75 Å². The average molecular weight is 285 g/mol. The number of ether oxygens (including phenoxy) is 1. The van der Waals surface area contributed by atoms with Crippen LogP contribution in [0, 0.1) is 0 Å². The Kier molecular flexibility index (Phi) is 6.31. The van der Waals surface area contributed by atoms with Crippen molar-refractivity contribution in [3.05, 3.63) is 29.8 Å². The van der Waals surface area contributed by atoms with Crippen molar-refractivity contribution < 1.29 is 13.2 Å². The Morgan fingerprint density at radius 3 is 2.58 bits per heavy atom. The zero-order valence-corrected chi connectivity index (χ0v) is 12.7. The highest BCUT2D eigenvalue weighted by Crippen LogP contribution is 2.27. The van der Waals surface area contributed by atoms with Crippen LogP contribution in [0.15, 0.2) is 24.3 Å². The minimum atomic E-state index is -2.89. The molecule has 1 rings (SSSR count). The third-order valence-electron chi connectivity index (χ3n) is 2.95. The van der Waals surface area contributed by atoms with E-state index in [1.165, 1.54) is 6.26 Å². The van der Waals surface area contributed by atoms with E-state index in [9.17, 15) is 8.42 Å². The number of hydrogen-bond acceptors (Lipinski definition) is 4. The highest BCUT2D eigenvalue weighted by atomic mass is 32.2. The Morgan fingerprint density at radius 2 is 2.00 bits per heavy atom. The van der Waals surface area contributed by atoms with E-state index in [1.807, 2.05) is 38.2 Å². The van der Waals surface area contributed by atoms with Gasteiger partial charge in [0.05, 0.1) is 6.61 Å². The summed E-state index contributed by atoms with van der Waals surface area (Å²) in [5.41, 5.74) is 1.08. The molecule has 4 nitrogen and oxygen atoms in total. The fraction of sp³-hybridized carbons (Fsp3) is 0.571. The summed E-state index contributed by atoms with van der Waals surface area (Å²) in [5.74, 6) is 1.09. The molecule has 1 atom stereocenters. The minimum absolute atomic E-state index is 0.115. The summed E-state index contributed by atoms with van der Waals surface area (Å²) in [6, 6.07) is 7.99. The third kappa shape index (κ3) is 5.61. The molecule has 0 heterocycles. The molecule has 0 aliphatic heterocycles. The van der Waals surface area contributed by atoms with Gasteiger partial charge in [0.25, 0.3) is 0 Å². The van der Waals surface area contributed by atoms with Crippen LogP contribution in [-0.4, -0.2) is 34.1 Å². The van der Waals surface area contributed by atoms with Gasteiger partial charge in [0.15, 0.2) is 0 Å². The zero-order chi connectivity index (χ0) is 14.3. The van der Waals surface area contributed by atoms with E-state index in [0.717, 1.165) is 17.7 Å². The van der Waals surface area contributed by atoms with E-state index in [-0.39, 0.29) is 11.8 Å². The van der Waals surface area contributed by atoms with Crippen LogP contribution in [0.4, 0.5) is 0 Å². The third-order valence-corrected chi connectivity index (χ3v) is 3.98. The Hall–Kier alpha value is -1.07. The fourth-order valence-electron chi connectivity index (χ4n) is 2.06. The van der Waals surface area contributed by atoms with Crippen molar-refractivity contribution in [2.75, 3.05) is 25.7 Å². The average Bonchev–Trinajstić information content (AvgIpc) is 2.35. The van der Waals surface area contributed by atoms with E-state index in [1.54, 1.807) is 0 Å². The first-order valence-corrected chi connectivity index (χ1v) is 8.60.